The number of amides is 2. The topological polar surface area (TPSA) is 73.5 Å². The number of hydrogen-bond acceptors (Lipinski definition) is 5. The third-order valence-electron chi connectivity index (χ3n) is 5.39. The summed E-state index contributed by atoms with van der Waals surface area (Å²) < 4.78 is 25.0. The summed E-state index contributed by atoms with van der Waals surface area (Å²) in [6.07, 6.45) is 2.48. The Morgan fingerprint density at radius 3 is 2.45 bits per heavy atom. The van der Waals surface area contributed by atoms with E-state index in [0.717, 1.165) is 32.4 Å². The first kappa shape index (κ1) is 25.0. The number of alkyl halides is 2. The van der Waals surface area contributed by atoms with Crippen LogP contribution in [0, 0.1) is 0 Å². The number of halogens is 2. The maximum Gasteiger partial charge on any atom is 0.288 e. The number of anilines is 2. The van der Waals surface area contributed by atoms with Gasteiger partial charge in [-0.1, -0.05) is 30.8 Å². The summed E-state index contributed by atoms with van der Waals surface area (Å²) in [6, 6.07) is 13.9. The Balaban J connectivity index is 1.53. The molecule has 9 heteroatoms. The van der Waals surface area contributed by atoms with Gasteiger partial charge in [-0.15, -0.1) is 0 Å². The largest absolute Gasteiger partial charge is 0.355 e. The summed E-state index contributed by atoms with van der Waals surface area (Å²) in [4.78, 5) is 27.5. The van der Waals surface area contributed by atoms with Crippen molar-refractivity contribution < 1.29 is 18.4 Å². The Bertz CT molecular complexity index is 919. The molecule has 0 aliphatic carbocycles. The number of thioether (sulfide) groups is 1. The molecule has 0 radical (unpaired) electrons. The van der Waals surface area contributed by atoms with E-state index in [1.807, 2.05) is 19.1 Å². The van der Waals surface area contributed by atoms with Gasteiger partial charge in [-0.05, 0) is 55.7 Å². The molecule has 3 rings (SSSR count). The first-order valence-electron chi connectivity index (χ1n) is 11.2. The predicted octanol–water partition coefficient (Wildman–Crippen LogP) is 4.47. The SMILES string of the molecule is CCCNC(=O)CN1CCC(NC(=O)c2ccccc2Nc2ccc(SC(F)F)cc2)CC1. The molecule has 0 unspecified atom stereocenters. The Hall–Kier alpha value is -2.65. The van der Waals surface area contributed by atoms with Gasteiger partial charge in [0.2, 0.25) is 5.91 Å². The van der Waals surface area contributed by atoms with Crippen molar-refractivity contribution in [1.29, 1.82) is 0 Å². The van der Waals surface area contributed by atoms with Crippen molar-refractivity contribution >= 4 is 35.0 Å². The van der Waals surface area contributed by atoms with Crippen LogP contribution >= 0.6 is 11.8 Å². The number of rotatable bonds is 10. The van der Waals surface area contributed by atoms with E-state index >= 15 is 0 Å². The molecule has 0 spiro atoms. The van der Waals surface area contributed by atoms with Crippen molar-refractivity contribution in [2.75, 3.05) is 31.5 Å². The normalized spacial score (nSPS) is 14.8. The highest BCUT2D eigenvalue weighted by atomic mass is 32.2. The molecule has 1 saturated heterocycles. The number of carbonyl (C=O) groups excluding carboxylic acids is 2. The van der Waals surface area contributed by atoms with E-state index in [0.29, 0.717) is 46.7 Å². The van der Waals surface area contributed by atoms with Crippen LogP contribution in [-0.2, 0) is 4.79 Å². The second-order valence-electron chi connectivity index (χ2n) is 7.95. The Morgan fingerprint density at radius 2 is 1.79 bits per heavy atom. The van der Waals surface area contributed by atoms with Crippen molar-refractivity contribution in [1.82, 2.24) is 15.5 Å². The molecule has 2 amide bonds. The number of hydrogen-bond donors (Lipinski definition) is 3. The molecule has 0 saturated carbocycles. The molecule has 33 heavy (non-hydrogen) atoms. The molecule has 3 N–H and O–H groups in total. The van der Waals surface area contributed by atoms with E-state index in [1.54, 1.807) is 36.4 Å². The van der Waals surface area contributed by atoms with Crippen LogP contribution in [-0.4, -0.2) is 54.7 Å². The Morgan fingerprint density at radius 1 is 1.09 bits per heavy atom. The number of carbonyl (C=O) groups is 2. The quantitative estimate of drug-likeness (QED) is 0.442. The van der Waals surface area contributed by atoms with Gasteiger partial charge in [0.15, 0.2) is 0 Å². The van der Waals surface area contributed by atoms with E-state index in [2.05, 4.69) is 20.9 Å². The zero-order valence-corrected chi connectivity index (χ0v) is 19.5. The Labute approximate surface area is 197 Å². The first-order valence-corrected chi connectivity index (χ1v) is 12.0. The average molecular weight is 477 g/mol. The fraction of sp³-hybridized carbons (Fsp3) is 0.417. The monoisotopic (exact) mass is 476 g/mol. The number of benzene rings is 2. The molecule has 2 aromatic rings. The molecule has 0 aromatic heterocycles. The van der Waals surface area contributed by atoms with Crippen LogP contribution < -0.4 is 16.0 Å². The molecule has 6 nitrogen and oxygen atoms in total. The third-order valence-corrected chi connectivity index (χ3v) is 6.11. The molecular formula is C24H30F2N4O2S. The zero-order valence-electron chi connectivity index (χ0n) is 18.7. The third kappa shape index (κ3) is 8.01. The van der Waals surface area contributed by atoms with E-state index in [4.69, 9.17) is 0 Å². The maximum atomic E-state index is 13.0. The molecular weight excluding hydrogens is 446 g/mol. The van der Waals surface area contributed by atoms with Gasteiger partial charge in [-0.25, -0.2) is 0 Å². The number of nitrogens with one attached hydrogen (secondary N) is 3. The van der Waals surface area contributed by atoms with E-state index in [9.17, 15) is 18.4 Å². The summed E-state index contributed by atoms with van der Waals surface area (Å²) in [6.45, 7) is 4.62. The standard InChI is InChI=1S/C24H30F2N4O2S/c1-2-13-27-22(31)16-30-14-11-18(12-15-30)29-23(32)20-5-3-4-6-21(20)28-17-7-9-19(10-8-17)33-24(25)26/h3-10,18,24,28H,2,11-16H2,1H3,(H,27,31)(H,29,32). The van der Waals surface area contributed by atoms with Crippen molar-refractivity contribution in [3.63, 3.8) is 0 Å². The molecule has 1 heterocycles. The number of piperidine rings is 1. The highest BCUT2D eigenvalue weighted by Gasteiger charge is 2.23. The minimum atomic E-state index is -2.46. The second-order valence-corrected chi connectivity index (χ2v) is 9.01. The second kappa shape index (κ2) is 12.6. The van der Waals surface area contributed by atoms with Gasteiger partial charge in [-0.2, -0.15) is 8.78 Å². The zero-order chi connectivity index (χ0) is 23.6. The lowest BCUT2D eigenvalue weighted by molar-refractivity contribution is -0.122. The number of para-hydroxylation sites is 1. The average Bonchev–Trinajstić information content (AvgIpc) is 2.80. The van der Waals surface area contributed by atoms with Crippen LogP contribution in [0.2, 0.25) is 0 Å². The van der Waals surface area contributed by atoms with Gasteiger partial charge < -0.3 is 16.0 Å². The molecule has 1 fully saturated rings. The van der Waals surface area contributed by atoms with Gasteiger partial charge in [0.1, 0.15) is 0 Å². The number of likely N-dealkylation sites (tertiary alicyclic amines) is 1. The van der Waals surface area contributed by atoms with E-state index in [-0.39, 0.29) is 17.9 Å². The van der Waals surface area contributed by atoms with E-state index < -0.39 is 5.76 Å². The van der Waals surface area contributed by atoms with Crippen LogP contribution in [0.4, 0.5) is 20.2 Å². The first-order chi connectivity index (χ1) is 15.9. The Kier molecular flexibility index (Phi) is 9.50. The van der Waals surface area contributed by atoms with Crippen molar-refractivity contribution in [3.8, 4) is 0 Å². The van der Waals surface area contributed by atoms with Gasteiger partial charge >= 0.3 is 0 Å². The molecule has 1 aliphatic rings. The summed E-state index contributed by atoms with van der Waals surface area (Å²) in [7, 11) is 0. The summed E-state index contributed by atoms with van der Waals surface area (Å²) in [5, 5.41) is 9.20. The van der Waals surface area contributed by atoms with Crippen molar-refractivity contribution in [2.24, 2.45) is 0 Å². The van der Waals surface area contributed by atoms with Gasteiger partial charge in [0.25, 0.3) is 11.7 Å². The smallest absolute Gasteiger partial charge is 0.288 e. The molecule has 0 bridgehead atoms. The minimum absolute atomic E-state index is 0.0418. The molecule has 178 valence electrons. The van der Waals surface area contributed by atoms with Crippen LogP contribution in [0.3, 0.4) is 0 Å². The summed E-state index contributed by atoms with van der Waals surface area (Å²) >= 11 is 0.497. The highest BCUT2D eigenvalue weighted by molar-refractivity contribution is 7.99. The fourth-order valence-electron chi connectivity index (χ4n) is 3.69. The van der Waals surface area contributed by atoms with Gasteiger partial charge in [0.05, 0.1) is 17.8 Å². The van der Waals surface area contributed by atoms with Crippen LogP contribution in [0.25, 0.3) is 0 Å². The molecule has 0 atom stereocenters. The maximum absolute atomic E-state index is 13.0. The van der Waals surface area contributed by atoms with Gasteiger partial charge in [0, 0.05) is 36.3 Å². The van der Waals surface area contributed by atoms with Crippen LogP contribution in [0.5, 0.6) is 0 Å². The minimum Gasteiger partial charge on any atom is -0.355 e. The van der Waals surface area contributed by atoms with Gasteiger partial charge in [-0.3, -0.25) is 14.5 Å². The lowest BCUT2D eigenvalue weighted by atomic mass is 10.0. The fourth-order valence-corrected chi connectivity index (χ4v) is 4.19. The molecule has 1 aliphatic heterocycles. The van der Waals surface area contributed by atoms with Crippen LogP contribution in [0.1, 0.15) is 36.5 Å². The van der Waals surface area contributed by atoms with E-state index in [1.165, 1.54) is 0 Å². The predicted molar refractivity (Wildman–Crippen MR) is 128 cm³/mol. The summed E-state index contributed by atoms with van der Waals surface area (Å²) in [5.41, 5.74) is 1.88. The lowest BCUT2D eigenvalue weighted by Gasteiger charge is -2.32. The number of nitrogens with zero attached hydrogens (tertiary/aromatic N) is 1. The lowest BCUT2D eigenvalue weighted by Crippen LogP contribution is -2.47. The van der Waals surface area contributed by atoms with Crippen LogP contribution in [0.15, 0.2) is 53.4 Å². The van der Waals surface area contributed by atoms with Crippen molar-refractivity contribution in [3.05, 3.63) is 54.1 Å². The highest BCUT2D eigenvalue weighted by Crippen LogP contribution is 2.28. The molecule has 2 aromatic carbocycles. The summed E-state index contributed by atoms with van der Waals surface area (Å²) in [5.74, 6) is -2.58. The van der Waals surface area contributed by atoms with Crippen molar-refractivity contribution in [2.45, 2.75) is 42.9 Å².